The van der Waals surface area contributed by atoms with Crippen molar-refractivity contribution < 1.29 is 44.3 Å². The Balaban J connectivity index is 1.62. The first kappa shape index (κ1) is 24.8. The van der Waals surface area contributed by atoms with E-state index in [1.165, 1.54) is 0 Å². The van der Waals surface area contributed by atoms with Crippen LogP contribution in [-0.4, -0.2) is 31.9 Å². The number of halogens is 6. The van der Waals surface area contributed by atoms with E-state index in [1.54, 1.807) is 0 Å². The number of hydrogen-bond donors (Lipinski definition) is 3. The first-order valence-electron chi connectivity index (χ1n) is 10.0. The summed E-state index contributed by atoms with van der Waals surface area (Å²) in [6.07, 6.45) is -10.4. The highest BCUT2D eigenvalue weighted by Crippen LogP contribution is 2.73. The van der Waals surface area contributed by atoms with E-state index in [0.717, 1.165) is 30.3 Å². The van der Waals surface area contributed by atoms with Crippen molar-refractivity contribution in [1.82, 2.24) is 5.32 Å². The molecule has 3 fully saturated rings. The van der Waals surface area contributed by atoms with Crippen molar-refractivity contribution in [3.63, 3.8) is 0 Å². The quantitative estimate of drug-likeness (QED) is 0.501. The summed E-state index contributed by atoms with van der Waals surface area (Å²) < 4.78 is 106. The minimum Gasteiger partial charge on any atom is -0.366 e. The molecule has 0 radical (unpaired) electrons. The van der Waals surface area contributed by atoms with Crippen LogP contribution in [0.2, 0.25) is 0 Å². The van der Waals surface area contributed by atoms with Crippen LogP contribution in [-0.2, 0) is 16.2 Å². The smallest absolute Gasteiger partial charge is 0.366 e. The maximum absolute atomic E-state index is 13.2. The molecule has 7 nitrogen and oxygen atoms in total. The number of rotatable bonds is 6. The van der Waals surface area contributed by atoms with Crippen molar-refractivity contribution in [2.45, 2.75) is 42.0 Å². The summed E-state index contributed by atoms with van der Waals surface area (Å²) in [6, 6.07) is 5.91. The molecule has 2 bridgehead atoms. The second-order valence-corrected chi connectivity index (χ2v) is 10.5. The van der Waals surface area contributed by atoms with Gasteiger partial charge in [0.1, 0.15) is 0 Å². The van der Waals surface area contributed by atoms with Crippen LogP contribution in [0.4, 0.5) is 32.0 Å². The number of nitrogens with one attached hydrogen (secondary N) is 2. The molecule has 0 aliphatic heterocycles. The number of amides is 2. The molecule has 3 aliphatic rings. The molecular weight excluding hydrogens is 504 g/mol. The largest absolute Gasteiger partial charge is 0.416 e. The number of hydrogen-bond acceptors (Lipinski definition) is 4. The van der Waals surface area contributed by atoms with Crippen LogP contribution in [0.25, 0.3) is 0 Å². The van der Waals surface area contributed by atoms with Crippen LogP contribution in [0.15, 0.2) is 47.4 Å². The molecule has 0 spiro atoms. The van der Waals surface area contributed by atoms with Gasteiger partial charge in [0.25, 0.3) is 15.9 Å². The van der Waals surface area contributed by atoms with Crippen molar-refractivity contribution in [2.24, 2.45) is 11.1 Å². The zero-order valence-corrected chi connectivity index (χ0v) is 18.4. The Labute approximate surface area is 194 Å². The molecule has 14 heteroatoms. The van der Waals surface area contributed by atoms with Crippen LogP contribution in [0, 0.1) is 5.41 Å². The van der Waals surface area contributed by atoms with Crippen molar-refractivity contribution in [2.75, 3.05) is 4.72 Å². The van der Waals surface area contributed by atoms with Crippen LogP contribution in [0.5, 0.6) is 0 Å². The van der Waals surface area contributed by atoms with Crippen molar-refractivity contribution >= 4 is 27.5 Å². The molecule has 3 aliphatic carbocycles. The minimum absolute atomic E-state index is 0.0155. The van der Waals surface area contributed by atoms with E-state index in [4.69, 9.17) is 5.73 Å². The molecule has 2 aromatic rings. The van der Waals surface area contributed by atoms with Gasteiger partial charge in [0.2, 0.25) is 5.91 Å². The fourth-order valence-corrected chi connectivity index (χ4v) is 5.61. The maximum Gasteiger partial charge on any atom is 0.416 e. The van der Waals surface area contributed by atoms with E-state index in [-0.39, 0.29) is 24.8 Å². The van der Waals surface area contributed by atoms with E-state index in [9.17, 15) is 44.3 Å². The summed E-state index contributed by atoms with van der Waals surface area (Å²) in [5, 5.41) is 2.41. The second-order valence-electron chi connectivity index (χ2n) is 8.80. The highest BCUT2D eigenvalue weighted by atomic mass is 32.2. The van der Waals surface area contributed by atoms with Gasteiger partial charge in [-0.1, -0.05) is 0 Å². The lowest BCUT2D eigenvalue weighted by Gasteiger charge is -2.70. The molecule has 3 saturated carbocycles. The summed E-state index contributed by atoms with van der Waals surface area (Å²) in [5.41, 5.74) is -0.406. The average Bonchev–Trinajstić information content (AvgIpc) is 2.67. The average molecular weight is 521 g/mol. The Hall–Kier alpha value is -3.29. The summed E-state index contributed by atoms with van der Waals surface area (Å²) in [4.78, 5) is 23.5. The molecule has 5 rings (SSSR count). The van der Waals surface area contributed by atoms with Crippen molar-refractivity contribution in [3.05, 3.63) is 59.2 Å². The van der Waals surface area contributed by atoms with Gasteiger partial charge in [0, 0.05) is 11.1 Å². The third-order valence-corrected chi connectivity index (χ3v) is 7.68. The Morgan fingerprint density at radius 1 is 0.914 bits per heavy atom. The molecule has 0 saturated heterocycles. The first-order chi connectivity index (χ1) is 16.0. The van der Waals surface area contributed by atoms with Crippen LogP contribution in [0.3, 0.4) is 0 Å². The maximum atomic E-state index is 13.2. The number of primary amides is 1. The number of benzene rings is 2. The number of carbonyl (C=O) groups is 2. The number of nitrogens with two attached hydrogens (primary N) is 1. The Morgan fingerprint density at radius 2 is 1.49 bits per heavy atom. The second kappa shape index (κ2) is 7.60. The molecular formula is C21H17F6N3O4S. The van der Waals surface area contributed by atoms with Gasteiger partial charge in [-0.25, -0.2) is 8.42 Å². The SMILES string of the molecule is NC(=O)c1ccc(S(=O)(=O)Nc2cc(C(F)(F)F)ccc2C(=O)NC23CC(C(F)(F)F)(C2)C3)cc1. The number of anilines is 1. The number of carbonyl (C=O) groups excluding carboxylic acids is 2. The number of alkyl halides is 6. The summed E-state index contributed by atoms with van der Waals surface area (Å²) in [7, 11) is -4.53. The summed E-state index contributed by atoms with van der Waals surface area (Å²) in [5.74, 6) is -1.85. The fourth-order valence-electron chi connectivity index (χ4n) is 4.53. The molecule has 0 aromatic heterocycles. The van der Waals surface area contributed by atoms with Gasteiger partial charge in [-0.05, 0) is 61.7 Å². The van der Waals surface area contributed by atoms with Gasteiger partial charge in [-0.15, -0.1) is 0 Å². The standard InChI is InChI=1S/C21H17F6N3O4S/c22-20(23,24)12-3-6-14(17(32)29-19-8-18(9-19,10-19)21(25,26)27)15(7-12)30-35(33,34)13-4-1-11(2-5-13)16(28)31/h1-7,30H,8-10H2,(H2,28,31)(H,29,32). The van der Waals surface area contributed by atoms with E-state index in [1.807, 2.05) is 4.72 Å². The molecule has 0 unspecified atom stereocenters. The molecule has 188 valence electrons. The molecule has 0 atom stereocenters. The van der Waals surface area contributed by atoms with Gasteiger partial charge >= 0.3 is 12.4 Å². The third-order valence-electron chi connectivity index (χ3n) is 6.30. The third kappa shape index (κ3) is 4.30. The van der Waals surface area contributed by atoms with Crippen LogP contribution in [0.1, 0.15) is 45.5 Å². The van der Waals surface area contributed by atoms with Crippen molar-refractivity contribution in [3.8, 4) is 0 Å². The molecule has 2 amide bonds. The van der Waals surface area contributed by atoms with E-state index in [2.05, 4.69) is 5.32 Å². The van der Waals surface area contributed by atoms with Gasteiger partial charge in [-0.3, -0.25) is 14.3 Å². The fraction of sp³-hybridized carbons (Fsp3) is 0.333. The lowest BCUT2D eigenvalue weighted by atomic mass is 9.39. The lowest BCUT2D eigenvalue weighted by molar-refractivity contribution is -0.336. The first-order valence-corrected chi connectivity index (χ1v) is 11.5. The predicted octanol–water partition coefficient (Wildman–Crippen LogP) is 3.82. The molecule has 0 heterocycles. The molecule has 35 heavy (non-hydrogen) atoms. The Morgan fingerprint density at radius 3 is 1.97 bits per heavy atom. The van der Waals surface area contributed by atoms with Crippen molar-refractivity contribution in [1.29, 1.82) is 0 Å². The molecule has 4 N–H and O–H groups in total. The monoisotopic (exact) mass is 521 g/mol. The van der Waals surface area contributed by atoms with E-state index >= 15 is 0 Å². The Bertz CT molecular complexity index is 1300. The summed E-state index contributed by atoms with van der Waals surface area (Å²) >= 11 is 0. The van der Waals surface area contributed by atoms with Gasteiger partial charge in [0.15, 0.2) is 0 Å². The van der Waals surface area contributed by atoms with Gasteiger partial charge < -0.3 is 11.1 Å². The summed E-state index contributed by atoms with van der Waals surface area (Å²) in [6.45, 7) is 0. The van der Waals surface area contributed by atoms with E-state index < -0.39 is 66.9 Å². The lowest BCUT2D eigenvalue weighted by Crippen LogP contribution is -2.78. The normalized spacial score (nSPS) is 23.6. The predicted molar refractivity (Wildman–Crippen MR) is 110 cm³/mol. The Kier molecular flexibility index (Phi) is 5.39. The van der Waals surface area contributed by atoms with Crippen LogP contribution >= 0.6 is 0 Å². The van der Waals surface area contributed by atoms with E-state index in [0.29, 0.717) is 12.1 Å². The highest BCUT2D eigenvalue weighted by Gasteiger charge is 2.79. The van der Waals surface area contributed by atoms with Gasteiger partial charge in [0.05, 0.1) is 27.1 Å². The molecule has 2 aromatic carbocycles. The van der Waals surface area contributed by atoms with Gasteiger partial charge in [-0.2, -0.15) is 26.3 Å². The minimum atomic E-state index is -4.87. The topological polar surface area (TPSA) is 118 Å². The number of sulfonamides is 1. The van der Waals surface area contributed by atoms with Crippen LogP contribution < -0.4 is 15.8 Å². The zero-order valence-electron chi connectivity index (χ0n) is 17.5. The highest BCUT2D eigenvalue weighted by molar-refractivity contribution is 7.92. The zero-order chi connectivity index (χ0) is 26.0.